The predicted octanol–water partition coefficient (Wildman–Crippen LogP) is 4.98. The molecule has 2 aromatic rings. The average Bonchev–Trinajstić information content (AvgIpc) is 2.55. The van der Waals surface area contributed by atoms with Crippen molar-refractivity contribution >= 4 is 11.8 Å². The van der Waals surface area contributed by atoms with Gasteiger partial charge in [-0.1, -0.05) is 18.3 Å². The Bertz CT molecular complexity index is 810. The van der Waals surface area contributed by atoms with Gasteiger partial charge in [0.1, 0.15) is 17.0 Å². The third kappa shape index (κ3) is 4.31. The van der Waals surface area contributed by atoms with Crippen LogP contribution in [0.15, 0.2) is 47.4 Å². The predicted molar refractivity (Wildman–Crippen MR) is 93.1 cm³/mol. The Hall–Kier alpha value is -2.43. The highest BCUT2D eigenvalue weighted by atomic mass is 32.2. The van der Waals surface area contributed by atoms with Crippen LogP contribution in [0.4, 0.5) is 4.39 Å². The van der Waals surface area contributed by atoms with E-state index in [9.17, 15) is 4.39 Å². The van der Waals surface area contributed by atoms with Gasteiger partial charge < -0.3 is 4.74 Å². The van der Waals surface area contributed by atoms with Gasteiger partial charge in [0.05, 0.1) is 11.5 Å². The molecule has 1 fully saturated rings. The van der Waals surface area contributed by atoms with E-state index >= 15 is 0 Å². The monoisotopic (exact) mass is 337 g/mol. The Labute approximate surface area is 145 Å². The number of thiocyanates is 1. The molecule has 4 heteroatoms. The van der Waals surface area contributed by atoms with E-state index in [1.165, 1.54) is 25.3 Å². The largest absolute Gasteiger partial charge is 0.493 e. The van der Waals surface area contributed by atoms with Gasteiger partial charge in [-0.3, -0.25) is 0 Å². The maximum Gasteiger partial charge on any atom is 0.139 e. The molecule has 1 aliphatic carbocycles. The van der Waals surface area contributed by atoms with E-state index in [2.05, 4.69) is 11.8 Å². The third-order valence-corrected chi connectivity index (χ3v) is 4.65. The van der Waals surface area contributed by atoms with E-state index in [0.29, 0.717) is 16.4 Å². The molecule has 0 bridgehead atoms. The van der Waals surface area contributed by atoms with Gasteiger partial charge in [0.25, 0.3) is 0 Å². The molecular formula is C20H16FNOS. The summed E-state index contributed by atoms with van der Waals surface area (Å²) in [7, 11) is 0. The molecule has 0 amide bonds. The number of benzene rings is 2. The Morgan fingerprint density at radius 1 is 1.08 bits per heavy atom. The molecular weight excluding hydrogens is 321 g/mol. The van der Waals surface area contributed by atoms with Crippen molar-refractivity contribution in [2.45, 2.75) is 24.2 Å². The van der Waals surface area contributed by atoms with Crippen LogP contribution in [0.5, 0.6) is 5.75 Å². The molecule has 0 saturated heterocycles. The van der Waals surface area contributed by atoms with Crippen LogP contribution < -0.4 is 4.74 Å². The number of nitriles is 1. The van der Waals surface area contributed by atoms with Gasteiger partial charge in [-0.2, -0.15) is 5.26 Å². The summed E-state index contributed by atoms with van der Waals surface area (Å²) in [5.74, 6) is 7.09. The highest BCUT2D eigenvalue weighted by molar-refractivity contribution is 8.03. The number of halogens is 1. The van der Waals surface area contributed by atoms with Crippen molar-refractivity contribution in [1.29, 1.82) is 5.26 Å². The van der Waals surface area contributed by atoms with E-state index < -0.39 is 5.82 Å². The Kier molecular flexibility index (Phi) is 5.41. The van der Waals surface area contributed by atoms with Gasteiger partial charge in [0, 0.05) is 11.1 Å². The maximum atomic E-state index is 13.7. The summed E-state index contributed by atoms with van der Waals surface area (Å²) in [5.41, 5.74) is 1.43. The second kappa shape index (κ2) is 7.90. The lowest BCUT2D eigenvalue weighted by molar-refractivity contribution is 0.180. The van der Waals surface area contributed by atoms with Crippen LogP contribution in [0, 0.1) is 34.2 Å². The Morgan fingerprint density at radius 2 is 1.79 bits per heavy atom. The van der Waals surface area contributed by atoms with Gasteiger partial charge >= 0.3 is 0 Å². The quantitative estimate of drug-likeness (QED) is 0.448. The highest BCUT2D eigenvalue weighted by Crippen LogP contribution is 2.27. The van der Waals surface area contributed by atoms with Crippen molar-refractivity contribution < 1.29 is 9.13 Å². The van der Waals surface area contributed by atoms with Crippen LogP contribution in [-0.2, 0) is 0 Å². The Balaban J connectivity index is 1.62. The van der Waals surface area contributed by atoms with E-state index in [4.69, 9.17) is 10.00 Å². The lowest BCUT2D eigenvalue weighted by Gasteiger charge is -2.25. The Morgan fingerprint density at radius 3 is 2.42 bits per heavy atom. The maximum absolute atomic E-state index is 13.7. The number of nitrogens with zero attached hydrogens (tertiary/aromatic N) is 1. The van der Waals surface area contributed by atoms with Crippen molar-refractivity contribution in [3.63, 3.8) is 0 Å². The smallest absolute Gasteiger partial charge is 0.139 e. The van der Waals surface area contributed by atoms with Crippen LogP contribution in [0.25, 0.3) is 0 Å². The zero-order valence-electron chi connectivity index (χ0n) is 13.1. The number of rotatable bonds is 4. The third-order valence-electron chi connectivity index (χ3n) is 4.00. The van der Waals surface area contributed by atoms with E-state index in [0.717, 1.165) is 29.7 Å². The summed E-state index contributed by atoms with van der Waals surface area (Å²) in [6, 6.07) is 12.3. The van der Waals surface area contributed by atoms with Gasteiger partial charge in [-0.05, 0) is 73.0 Å². The molecule has 3 rings (SSSR count). The van der Waals surface area contributed by atoms with E-state index in [1.54, 1.807) is 12.1 Å². The van der Waals surface area contributed by atoms with Gasteiger partial charge in [0.15, 0.2) is 0 Å². The molecule has 0 N–H and O–H groups in total. The number of hydrogen-bond donors (Lipinski definition) is 0. The van der Waals surface area contributed by atoms with E-state index in [1.807, 2.05) is 29.7 Å². The lowest BCUT2D eigenvalue weighted by atomic mass is 9.86. The van der Waals surface area contributed by atoms with Gasteiger partial charge in [0.2, 0.25) is 0 Å². The van der Waals surface area contributed by atoms with Crippen LogP contribution in [0.2, 0.25) is 0 Å². The van der Waals surface area contributed by atoms with Crippen molar-refractivity contribution in [1.82, 2.24) is 0 Å². The molecule has 0 aromatic heterocycles. The molecule has 0 spiro atoms. The van der Waals surface area contributed by atoms with Crippen LogP contribution in [-0.4, -0.2) is 6.61 Å². The number of ether oxygens (including phenoxy) is 1. The molecule has 0 heterocycles. The minimum Gasteiger partial charge on any atom is -0.493 e. The second-order valence-corrected chi connectivity index (χ2v) is 6.55. The fraction of sp³-hybridized carbons (Fsp3) is 0.250. The first-order chi connectivity index (χ1) is 11.7. The van der Waals surface area contributed by atoms with Crippen molar-refractivity contribution in [3.8, 4) is 23.0 Å². The van der Waals surface area contributed by atoms with Crippen molar-refractivity contribution in [2.75, 3.05) is 6.61 Å². The van der Waals surface area contributed by atoms with E-state index in [-0.39, 0.29) is 0 Å². The standard InChI is InChI=1S/C20H16FNOS/c21-19-12-16(8-11-20(19)24-14-22)5-4-15-6-9-18(10-7-15)23-13-17-2-1-3-17/h6-12,17H,1-3,13H2. The molecule has 0 radical (unpaired) electrons. The molecule has 2 aromatic carbocycles. The average molecular weight is 337 g/mol. The topological polar surface area (TPSA) is 33.0 Å². The molecule has 1 aliphatic rings. The summed E-state index contributed by atoms with van der Waals surface area (Å²) in [6.07, 6.45) is 3.86. The van der Waals surface area contributed by atoms with Crippen LogP contribution >= 0.6 is 11.8 Å². The van der Waals surface area contributed by atoms with Crippen molar-refractivity contribution in [2.24, 2.45) is 5.92 Å². The summed E-state index contributed by atoms with van der Waals surface area (Å²) in [6.45, 7) is 0.789. The first kappa shape index (κ1) is 16.4. The molecule has 2 nitrogen and oxygen atoms in total. The SMILES string of the molecule is N#CSc1ccc(C#Cc2ccc(OCC3CCC3)cc2)cc1F. The molecule has 0 atom stereocenters. The fourth-order valence-corrected chi connectivity index (χ4v) is 2.75. The summed E-state index contributed by atoms with van der Waals surface area (Å²) >= 11 is 0.807. The number of thioether (sulfide) groups is 1. The summed E-state index contributed by atoms with van der Waals surface area (Å²) < 4.78 is 19.5. The fourth-order valence-electron chi connectivity index (χ4n) is 2.36. The molecule has 1 saturated carbocycles. The first-order valence-corrected chi connectivity index (χ1v) is 8.66. The number of hydrogen-bond acceptors (Lipinski definition) is 3. The molecule has 0 unspecified atom stereocenters. The first-order valence-electron chi connectivity index (χ1n) is 7.85. The lowest BCUT2D eigenvalue weighted by Crippen LogP contribution is -2.19. The minimum absolute atomic E-state index is 0.316. The molecule has 120 valence electrons. The van der Waals surface area contributed by atoms with Gasteiger partial charge in [-0.15, -0.1) is 0 Å². The van der Waals surface area contributed by atoms with Crippen LogP contribution in [0.3, 0.4) is 0 Å². The zero-order valence-corrected chi connectivity index (χ0v) is 13.9. The van der Waals surface area contributed by atoms with Crippen molar-refractivity contribution in [3.05, 3.63) is 59.4 Å². The zero-order chi connectivity index (χ0) is 16.8. The minimum atomic E-state index is -0.423. The normalized spacial score (nSPS) is 13.3. The highest BCUT2D eigenvalue weighted by Gasteiger charge is 2.17. The van der Waals surface area contributed by atoms with Gasteiger partial charge in [-0.25, -0.2) is 4.39 Å². The summed E-state index contributed by atoms with van der Waals surface area (Å²) in [4.78, 5) is 0.316. The van der Waals surface area contributed by atoms with Crippen LogP contribution in [0.1, 0.15) is 30.4 Å². The second-order valence-electron chi connectivity index (χ2n) is 5.72. The molecule has 0 aliphatic heterocycles. The molecule has 24 heavy (non-hydrogen) atoms. The summed E-state index contributed by atoms with van der Waals surface area (Å²) in [5, 5.41) is 10.4.